The van der Waals surface area contributed by atoms with Gasteiger partial charge in [0, 0.05) is 42.2 Å². The molecule has 3 aromatic heterocycles. The fourth-order valence-electron chi connectivity index (χ4n) is 6.13. The van der Waals surface area contributed by atoms with E-state index >= 15 is 0 Å². The van der Waals surface area contributed by atoms with Gasteiger partial charge in [-0.1, -0.05) is 91.0 Å². The Bertz CT molecular complexity index is 2350. The topological polar surface area (TPSA) is 17.8 Å². The SMILES string of the molecule is c1ccc2c(c1)sc1ccc3nc(-c4ccc(-c5ccc(-n6c7ccccc7c7ccccc76)cc5)cc4)sc3c12. The van der Waals surface area contributed by atoms with Crippen LogP contribution in [0.3, 0.4) is 0 Å². The average molecular weight is 559 g/mol. The van der Waals surface area contributed by atoms with Crippen molar-refractivity contribution in [2.45, 2.75) is 0 Å². The van der Waals surface area contributed by atoms with Gasteiger partial charge >= 0.3 is 0 Å². The first-order chi connectivity index (χ1) is 20.3. The molecule has 0 aliphatic heterocycles. The third kappa shape index (κ3) is 3.51. The van der Waals surface area contributed by atoms with Crippen LogP contribution in [0.25, 0.3) is 79.6 Å². The number of rotatable bonds is 3. The van der Waals surface area contributed by atoms with Crippen molar-refractivity contribution in [3.05, 3.63) is 133 Å². The van der Waals surface area contributed by atoms with Crippen molar-refractivity contribution in [3.63, 3.8) is 0 Å². The van der Waals surface area contributed by atoms with Crippen molar-refractivity contribution in [1.82, 2.24) is 9.55 Å². The van der Waals surface area contributed by atoms with Crippen LogP contribution in [-0.4, -0.2) is 9.55 Å². The molecule has 9 aromatic rings. The van der Waals surface area contributed by atoms with Crippen molar-refractivity contribution in [3.8, 4) is 27.4 Å². The molecule has 0 radical (unpaired) electrons. The largest absolute Gasteiger partial charge is 0.309 e. The Morgan fingerprint density at radius 2 is 1.05 bits per heavy atom. The fraction of sp³-hybridized carbons (Fsp3) is 0. The number of aromatic nitrogens is 2. The second-order valence-corrected chi connectivity index (χ2v) is 12.5. The van der Waals surface area contributed by atoms with Gasteiger partial charge in [0.2, 0.25) is 0 Å². The van der Waals surface area contributed by atoms with Gasteiger partial charge in [-0.05, 0) is 53.6 Å². The highest BCUT2D eigenvalue weighted by Crippen LogP contribution is 2.42. The summed E-state index contributed by atoms with van der Waals surface area (Å²) in [4.78, 5) is 5.03. The minimum Gasteiger partial charge on any atom is -0.309 e. The molecule has 0 spiro atoms. The molecule has 0 aliphatic rings. The van der Waals surface area contributed by atoms with Gasteiger partial charge in [0.05, 0.1) is 21.3 Å². The number of hydrogen-bond donors (Lipinski definition) is 0. The summed E-state index contributed by atoms with van der Waals surface area (Å²) in [5.74, 6) is 0. The number of hydrogen-bond acceptors (Lipinski definition) is 3. The van der Waals surface area contributed by atoms with Gasteiger partial charge in [-0.2, -0.15) is 0 Å². The molecule has 0 bridgehead atoms. The normalized spacial score (nSPS) is 11.9. The van der Waals surface area contributed by atoms with Gasteiger partial charge in [-0.25, -0.2) is 4.98 Å². The Labute approximate surface area is 244 Å². The first-order valence-corrected chi connectivity index (χ1v) is 15.4. The Morgan fingerprint density at radius 1 is 0.463 bits per heavy atom. The summed E-state index contributed by atoms with van der Waals surface area (Å²) in [6.45, 7) is 0. The Hall–Kier alpha value is -4.77. The van der Waals surface area contributed by atoms with E-state index in [0.29, 0.717) is 0 Å². The van der Waals surface area contributed by atoms with E-state index in [4.69, 9.17) is 4.98 Å². The first kappa shape index (κ1) is 23.0. The minimum absolute atomic E-state index is 1.07. The van der Waals surface area contributed by atoms with Crippen LogP contribution in [0.1, 0.15) is 0 Å². The molecule has 0 amide bonds. The van der Waals surface area contributed by atoms with Crippen LogP contribution in [0.15, 0.2) is 133 Å². The summed E-state index contributed by atoms with van der Waals surface area (Å²) in [6, 6.07) is 48.1. The number of thiophene rings is 1. The second-order valence-electron chi connectivity index (χ2n) is 10.4. The molecule has 9 rings (SSSR count). The maximum atomic E-state index is 5.03. The molecule has 2 nitrogen and oxygen atoms in total. The van der Waals surface area contributed by atoms with Crippen LogP contribution >= 0.6 is 22.7 Å². The van der Waals surface area contributed by atoms with E-state index in [2.05, 4.69) is 138 Å². The van der Waals surface area contributed by atoms with Gasteiger partial charge in [0.15, 0.2) is 0 Å². The number of benzene rings is 6. The summed E-state index contributed by atoms with van der Waals surface area (Å²) < 4.78 is 6.30. The van der Waals surface area contributed by atoms with Crippen LogP contribution < -0.4 is 0 Å². The molecular formula is C37H22N2S2. The molecule has 41 heavy (non-hydrogen) atoms. The zero-order chi connectivity index (χ0) is 26.9. The molecule has 0 saturated carbocycles. The van der Waals surface area contributed by atoms with Crippen molar-refractivity contribution in [1.29, 1.82) is 0 Å². The zero-order valence-electron chi connectivity index (χ0n) is 21.9. The van der Waals surface area contributed by atoms with Crippen LogP contribution in [0.4, 0.5) is 0 Å². The molecule has 4 heteroatoms. The smallest absolute Gasteiger partial charge is 0.124 e. The summed E-state index contributed by atoms with van der Waals surface area (Å²) in [5, 5.41) is 6.30. The lowest BCUT2D eigenvalue weighted by Gasteiger charge is -2.09. The quantitative estimate of drug-likeness (QED) is 0.211. The summed E-state index contributed by atoms with van der Waals surface area (Å²) in [7, 11) is 0. The van der Waals surface area contributed by atoms with Crippen molar-refractivity contribution in [2.24, 2.45) is 0 Å². The lowest BCUT2D eigenvalue weighted by atomic mass is 10.0. The van der Waals surface area contributed by atoms with Crippen molar-refractivity contribution >= 4 is 74.9 Å². The van der Waals surface area contributed by atoms with E-state index in [0.717, 1.165) is 16.1 Å². The van der Waals surface area contributed by atoms with Crippen LogP contribution in [0, 0.1) is 0 Å². The predicted molar refractivity (Wildman–Crippen MR) is 178 cm³/mol. The maximum absolute atomic E-state index is 5.03. The highest BCUT2D eigenvalue weighted by atomic mass is 32.1. The van der Waals surface area contributed by atoms with Crippen LogP contribution in [0.5, 0.6) is 0 Å². The van der Waals surface area contributed by atoms with Crippen molar-refractivity contribution < 1.29 is 0 Å². The molecule has 0 aliphatic carbocycles. The summed E-state index contributed by atoms with van der Waals surface area (Å²) >= 11 is 3.66. The van der Waals surface area contributed by atoms with E-state index in [9.17, 15) is 0 Å². The monoisotopic (exact) mass is 558 g/mol. The Kier molecular flexibility index (Phi) is 4.97. The third-order valence-corrected chi connectivity index (χ3v) is 10.3. The number of para-hydroxylation sites is 2. The van der Waals surface area contributed by atoms with Gasteiger partial charge < -0.3 is 4.57 Å². The molecule has 0 atom stereocenters. The highest BCUT2D eigenvalue weighted by molar-refractivity contribution is 7.28. The van der Waals surface area contributed by atoms with Crippen LogP contribution in [0.2, 0.25) is 0 Å². The highest BCUT2D eigenvalue weighted by Gasteiger charge is 2.14. The van der Waals surface area contributed by atoms with Gasteiger partial charge in [-0.3, -0.25) is 0 Å². The van der Waals surface area contributed by atoms with E-state index < -0.39 is 0 Å². The Morgan fingerprint density at radius 3 is 1.76 bits per heavy atom. The molecule has 6 aromatic carbocycles. The molecular weight excluding hydrogens is 537 g/mol. The molecule has 192 valence electrons. The van der Waals surface area contributed by atoms with E-state index in [1.54, 1.807) is 11.3 Å². The number of thiazole rings is 1. The Balaban J connectivity index is 1.08. The van der Waals surface area contributed by atoms with Crippen LogP contribution in [-0.2, 0) is 0 Å². The third-order valence-electron chi connectivity index (χ3n) is 8.07. The lowest BCUT2D eigenvalue weighted by Crippen LogP contribution is -1.93. The fourth-order valence-corrected chi connectivity index (χ4v) is 8.44. The minimum atomic E-state index is 1.07. The molecule has 0 N–H and O–H groups in total. The van der Waals surface area contributed by atoms with E-state index in [-0.39, 0.29) is 0 Å². The number of fused-ring (bicyclic) bond motifs is 8. The lowest BCUT2D eigenvalue weighted by molar-refractivity contribution is 1.18. The zero-order valence-corrected chi connectivity index (χ0v) is 23.5. The number of nitrogens with zero attached hydrogens (tertiary/aromatic N) is 2. The molecule has 3 heterocycles. The van der Waals surface area contributed by atoms with Crippen molar-refractivity contribution in [2.75, 3.05) is 0 Å². The molecule has 0 fully saturated rings. The first-order valence-electron chi connectivity index (χ1n) is 13.7. The molecule has 0 saturated heterocycles. The molecule has 0 unspecified atom stereocenters. The maximum Gasteiger partial charge on any atom is 0.124 e. The van der Waals surface area contributed by atoms with Gasteiger partial charge in [0.25, 0.3) is 0 Å². The van der Waals surface area contributed by atoms with Gasteiger partial charge in [0.1, 0.15) is 5.01 Å². The second kappa shape index (κ2) is 8.87. The summed E-state index contributed by atoms with van der Waals surface area (Å²) in [6.07, 6.45) is 0. The van der Waals surface area contributed by atoms with E-state index in [1.807, 2.05) is 11.3 Å². The van der Waals surface area contributed by atoms with Gasteiger partial charge in [-0.15, -0.1) is 22.7 Å². The average Bonchev–Trinajstić information content (AvgIpc) is 3.73. The standard InChI is InChI=1S/C37H22N2S2/c1-4-10-31-27(7-1)28-8-2-5-11-32(28)39(31)26-19-17-24(18-20-26)23-13-15-25(16-14-23)37-38-30-21-22-34-35(36(30)41-37)29-9-3-6-12-33(29)40-34/h1-22H. The van der Waals surface area contributed by atoms with E-state index in [1.165, 1.54) is 63.5 Å². The predicted octanol–water partition coefficient (Wildman–Crippen LogP) is 11.1. The summed E-state index contributed by atoms with van der Waals surface area (Å²) in [5.41, 5.74) is 8.27.